The zero-order chi connectivity index (χ0) is 9.97. The van der Waals surface area contributed by atoms with Crippen LogP contribution in [0.2, 0.25) is 0 Å². The Bertz CT molecular complexity index is 484. The molecule has 0 bridgehead atoms. The molecule has 2 rings (SSSR count). The van der Waals surface area contributed by atoms with Gasteiger partial charge in [-0.1, -0.05) is 0 Å². The minimum atomic E-state index is -0.505. The molecule has 0 aliphatic heterocycles. The quantitative estimate of drug-likeness (QED) is 0.660. The van der Waals surface area contributed by atoms with Crippen molar-refractivity contribution in [2.45, 2.75) is 0 Å². The van der Waals surface area contributed by atoms with Gasteiger partial charge in [-0.3, -0.25) is 0 Å². The molecule has 1 aromatic heterocycles. The van der Waals surface area contributed by atoms with E-state index in [-0.39, 0.29) is 6.15 Å². The zero-order valence-corrected chi connectivity index (χ0v) is 7.75. The Kier molecular flexibility index (Phi) is 3.00. The van der Waals surface area contributed by atoms with Gasteiger partial charge in [-0.15, -0.1) is 0 Å². The summed E-state index contributed by atoms with van der Waals surface area (Å²) in [6.07, 6.45) is 1.22. The van der Waals surface area contributed by atoms with Crippen LogP contribution in [0, 0.1) is 11.3 Å². The first-order valence-corrected chi connectivity index (χ1v) is 3.86. The Morgan fingerprint density at radius 3 is 2.47 bits per heavy atom. The minimum Gasteiger partial charge on any atom is -0.539 e. The summed E-state index contributed by atoms with van der Waals surface area (Å²) in [5, 5.41) is 22.7. The monoisotopic (exact) mass is 204 g/mol. The number of hydrogen-bond donors (Lipinski definition) is 1. The fraction of sp³-hybridized carbons (Fsp3) is 0. The highest BCUT2D eigenvalue weighted by Crippen LogP contribution is 2.03. The van der Waals surface area contributed by atoms with E-state index in [1.165, 1.54) is 10.9 Å². The minimum absolute atomic E-state index is 0. The van der Waals surface area contributed by atoms with Gasteiger partial charge in [0.1, 0.15) is 5.95 Å². The summed E-state index contributed by atoms with van der Waals surface area (Å²) in [5.41, 5.74) is 1.23. The van der Waals surface area contributed by atoms with Gasteiger partial charge in [-0.05, 0) is 16.8 Å². The van der Waals surface area contributed by atoms with Gasteiger partial charge >= 0.3 is 0 Å². The van der Waals surface area contributed by atoms with Gasteiger partial charge in [0.15, 0.2) is 0 Å². The third-order valence-electron chi connectivity index (χ3n) is 1.71. The molecule has 3 N–H and O–H groups in total. The Morgan fingerprint density at radius 1 is 1.33 bits per heavy atom. The van der Waals surface area contributed by atoms with Gasteiger partial charge in [0.05, 0.1) is 16.9 Å². The number of hydrogen-bond acceptors (Lipinski definition) is 5. The smallest absolute Gasteiger partial charge is 0.239 e. The maximum absolute atomic E-state index is 10.7. The molecule has 0 amide bonds. The van der Waals surface area contributed by atoms with E-state index < -0.39 is 5.95 Å². The Labute approximate surface area is 85.5 Å². The molecule has 0 spiro atoms. The second-order valence-electron chi connectivity index (χ2n) is 2.62. The zero-order valence-electron chi connectivity index (χ0n) is 7.75. The summed E-state index contributed by atoms with van der Waals surface area (Å²) < 4.78 is 5.68. The first kappa shape index (κ1) is 10.7. The molecule has 76 valence electrons. The first-order chi connectivity index (χ1) is 6.79. The van der Waals surface area contributed by atoms with Crippen LogP contribution in [0.1, 0.15) is 5.56 Å². The highest BCUT2D eigenvalue weighted by molar-refractivity contribution is 5.34. The normalized spacial score (nSPS) is 9.00. The lowest BCUT2D eigenvalue weighted by molar-refractivity contribution is -0.670. The van der Waals surface area contributed by atoms with E-state index in [0.717, 1.165) is 0 Å². The number of aromatic nitrogens is 2. The summed E-state index contributed by atoms with van der Waals surface area (Å²) in [6.45, 7) is 0. The molecular formula is C9H8N4O2. The second-order valence-corrected chi connectivity index (χ2v) is 2.62. The Morgan fingerprint density at radius 2 is 2.00 bits per heavy atom. The van der Waals surface area contributed by atoms with Crippen molar-refractivity contribution in [1.29, 1.82) is 5.26 Å². The molecule has 0 saturated carbocycles. The number of rotatable bonds is 1. The van der Waals surface area contributed by atoms with Crippen molar-refractivity contribution in [2.24, 2.45) is 0 Å². The van der Waals surface area contributed by atoms with E-state index in [4.69, 9.17) is 5.26 Å². The van der Waals surface area contributed by atoms with Crippen molar-refractivity contribution in [3.05, 3.63) is 36.0 Å². The van der Waals surface area contributed by atoms with Gasteiger partial charge in [0, 0.05) is 12.1 Å². The van der Waals surface area contributed by atoms with Crippen LogP contribution in [0.5, 0.6) is 5.95 Å². The van der Waals surface area contributed by atoms with Gasteiger partial charge in [0.2, 0.25) is 11.9 Å². The van der Waals surface area contributed by atoms with E-state index in [2.05, 4.69) is 9.79 Å². The Balaban J connectivity index is 0.00000112. The Hall–Kier alpha value is -2.39. The summed E-state index contributed by atoms with van der Waals surface area (Å²) in [6, 6.07) is 8.64. The number of nitriles is 1. The van der Waals surface area contributed by atoms with Crippen molar-refractivity contribution in [1.82, 2.24) is 11.4 Å². The lowest BCUT2D eigenvalue weighted by Gasteiger charge is -1.88. The lowest BCUT2D eigenvalue weighted by atomic mass is 10.2. The molecule has 0 fully saturated rings. The molecular weight excluding hydrogens is 196 g/mol. The molecule has 6 heteroatoms. The van der Waals surface area contributed by atoms with E-state index in [9.17, 15) is 5.11 Å². The number of benzene rings is 1. The van der Waals surface area contributed by atoms with Gasteiger partial charge < -0.3 is 15.8 Å². The van der Waals surface area contributed by atoms with Crippen LogP contribution in [-0.2, 0) is 0 Å². The van der Waals surface area contributed by atoms with Crippen LogP contribution in [0.15, 0.2) is 35.0 Å². The topological polar surface area (TPSA) is 112 Å². The lowest BCUT2D eigenvalue weighted by Crippen LogP contribution is -2.31. The van der Waals surface area contributed by atoms with Crippen LogP contribution < -0.4 is 15.9 Å². The fourth-order valence-corrected chi connectivity index (χ4v) is 1.04. The largest absolute Gasteiger partial charge is 0.539 e. The molecule has 1 aromatic carbocycles. The van der Waals surface area contributed by atoms with Crippen LogP contribution in [0.4, 0.5) is 0 Å². The van der Waals surface area contributed by atoms with Gasteiger partial charge in [-0.25, -0.2) is 0 Å². The fourth-order valence-electron chi connectivity index (χ4n) is 1.04. The van der Waals surface area contributed by atoms with Crippen LogP contribution in [0.3, 0.4) is 0 Å². The molecule has 0 unspecified atom stereocenters. The predicted octanol–water partition coefficient (Wildman–Crippen LogP) is 0.0586. The SMILES string of the molecule is N.N#Cc1ccc(-[n+]2cc([O-])on2)cc1. The van der Waals surface area contributed by atoms with Crippen LogP contribution in [-0.4, -0.2) is 5.27 Å². The van der Waals surface area contributed by atoms with E-state index in [0.29, 0.717) is 11.3 Å². The molecule has 0 saturated heterocycles. The van der Waals surface area contributed by atoms with Crippen molar-refractivity contribution in [2.75, 3.05) is 0 Å². The van der Waals surface area contributed by atoms with Crippen LogP contribution >= 0.6 is 0 Å². The molecule has 1 heterocycles. The molecule has 0 radical (unpaired) electrons. The first-order valence-electron chi connectivity index (χ1n) is 3.86. The third-order valence-corrected chi connectivity index (χ3v) is 1.71. The van der Waals surface area contributed by atoms with Crippen molar-refractivity contribution in [3.8, 4) is 17.7 Å². The molecule has 0 aliphatic carbocycles. The summed E-state index contributed by atoms with van der Waals surface area (Å²) >= 11 is 0. The number of nitrogens with zero attached hydrogens (tertiary/aromatic N) is 3. The molecule has 0 atom stereocenters. The van der Waals surface area contributed by atoms with Crippen LogP contribution in [0.25, 0.3) is 5.69 Å². The average molecular weight is 204 g/mol. The maximum atomic E-state index is 10.7. The highest BCUT2D eigenvalue weighted by atomic mass is 16.6. The summed E-state index contributed by atoms with van der Waals surface area (Å²) in [7, 11) is 0. The van der Waals surface area contributed by atoms with Crippen molar-refractivity contribution in [3.63, 3.8) is 0 Å². The van der Waals surface area contributed by atoms with E-state index in [1.54, 1.807) is 24.3 Å². The maximum Gasteiger partial charge on any atom is 0.239 e. The van der Waals surface area contributed by atoms with E-state index >= 15 is 0 Å². The van der Waals surface area contributed by atoms with Crippen molar-refractivity contribution >= 4 is 0 Å². The molecule has 15 heavy (non-hydrogen) atoms. The second kappa shape index (κ2) is 4.21. The van der Waals surface area contributed by atoms with E-state index in [1.807, 2.05) is 6.07 Å². The summed E-state index contributed by atoms with van der Waals surface area (Å²) in [5.74, 6) is -0.505. The van der Waals surface area contributed by atoms with Gasteiger partial charge in [-0.2, -0.15) is 5.26 Å². The average Bonchev–Trinajstić information content (AvgIpc) is 2.65. The third kappa shape index (κ3) is 2.10. The molecule has 2 aromatic rings. The predicted molar refractivity (Wildman–Crippen MR) is 47.2 cm³/mol. The van der Waals surface area contributed by atoms with Crippen molar-refractivity contribution < 1.29 is 14.3 Å². The van der Waals surface area contributed by atoms with Gasteiger partial charge in [0.25, 0.3) is 0 Å². The molecule has 0 aliphatic rings. The highest BCUT2D eigenvalue weighted by Gasteiger charge is 2.07. The summed E-state index contributed by atoms with van der Waals surface area (Å²) in [4.78, 5) is 0. The standard InChI is InChI=1S/C9H5N3O2.H3N/c10-5-7-1-3-8(4-2-7)12-6-9(13)14-11-12;/h1-4,6H;1H3. The molecule has 6 nitrogen and oxygen atoms in total.